The van der Waals surface area contributed by atoms with E-state index >= 15 is 0 Å². The smallest absolute Gasteiger partial charge is 0.306 e. The summed E-state index contributed by atoms with van der Waals surface area (Å²) in [6.45, 7) is 3.83. The number of aromatic nitrogens is 2. The molecular formula is C15H17N3O3S. The van der Waals surface area contributed by atoms with Gasteiger partial charge in [-0.1, -0.05) is 0 Å². The number of carboxylic acid groups (broad SMARTS) is 1. The average molecular weight is 319 g/mol. The minimum atomic E-state index is -0.785. The quantitative estimate of drug-likeness (QED) is 0.904. The van der Waals surface area contributed by atoms with Gasteiger partial charge in [-0.2, -0.15) is 0 Å². The molecule has 116 valence electrons. The van der Waals surface area contributed by atoms with Gasteiger partial charge in [0, 0.05) is 29.0 Å². The van der Waals surface area contributed by atoms with Gasteiger partial charge in [0.1, 0.15) is 0 Å². The molecule has 2 N–H and O–H groups in total. The van der Waals surface area contributed by atoms with Crippen molar-refractivity contribution in [2.75, 3.05) is 0 Å². The van der Waals surface area contributed by atoms with E-state index < -0.39 is 5.97 Å². The van der Waals surface area contributed by atoms with Crippen molar-refractivity contribution < 1.29 is 14.7 Å². The first-order valence-corrected chi connectivity index (χ1v) is 7.97. The fraction of sp³-hybridized carbons (Fsp3) is 0.400. The molecular weight excluding hydrogens is 302 g/mol. The Kier molecular flexibility index (Phi) is 3.74. The van der Waals surface area contributed by atoms with Crippen LogP contribution in [0.3, 0.4) is 0 Å². The summed E-state index contributed by atoms with van der Waals surface area (Å²) in [6, 6.07) is 1.80. The normalized spacial score (nSPS) is 20.5. The van der Waals surface area contributed by atoms with Crippen LogP contribution in [0.5, 0.6) is 0 Å². The molecule has 1 aliphatic carbocycles. The molecule has 0 saturated heterocycles. The molecule has 0 aliphatic heterocycles. The molecule has 22 heavy (non-hydrogen) atoms. The molecule has 0 aromatic carbocycles. The van der Waals surface area contributed by atoms with E-state index in [2.05, 4.69) is 10.3 Å². The highest BCUT2D eigenvalue weighted by Crippen LogP contribution is 2.28. The number of aryl methyl sites for hydroxylation is 1. The van der Waals surface area contributed by atoms with Gasteiger partial charge in [-0.05, 0) is 32.8 Å². The summed E-state index contributed by atoms with van der Waals surface area (Å²) in [4.78, 5) is 27.5. The lowest BCUT2D eigenvalue weighted by Gasteiger charge is -2.32. The number of amides is 1. The molecule has 3 rings (SSSR count). The largest absolute Gasteiger partial charge is 0.481 e. The van der Waals surface area contributed by atoms with Crippen LogP contribution in [0.15, 0.2) is 17.6 Å². The predicted molar refractivity (Wildman–Crippen MR) is 82.5 cm³/mol. The zero-order valence-corrected chi connectivity index (χ0v) is 13.2. The Morgan fingerprint density at radius 3 is 2.73 bits per heavy atom. The van der Waals surface area contributed by atoms with Crippen molar-refractivity contribution in [3.63, 3.8) is 0 Å². The molecule has 6 nitrogen and oxygen atoms in total. The molecule has 0 atom stereocenters. The van der Waals surface area contributed by atoms with Crippen molar-refractivity contribution in [1.82, 2.24) is 14.9 Å². The van der Waals surface area contributed by atoms with Gasteiger partial charge in [-0.3, -0.25) is 14.2 Å². The number of carbonyl (C=O) groups is 2. The van der Waals surface area contributed by atoms with E-state index in [-0.39, 0.29) is 17.9 Å². The van der Waals surface area contributed by atoms with Crippen molar-refractivity contribution in [3.8, 4) is 5.13 Å². The van der Waals surface area contributed by atoms with E-state index in [4.69, 9.17) is 5.11 Å². The number of nitrogens with zero attached hydrogens (tertiary/aromatic N) is 2. The van der Waals surface area contributed by atoms with Gasteiger partial charge in [0.25, 0.3) is 5.91 Å². The second-order valence-electron chi connectivity index (χ2n) is 5.61. The topological polar surface area (TPSA) is 84.2 Å². The minimum absolute atomic E-state index is 0.0449. The Balaban J connectivity index is 1.74. The Morgan fingerprint density at radius 1 is 1.41 bits per heavy atom. The lowest BCUT2D eigenvalue weighted by Crippen LogP contribution is -2.46. The monoisotopic (exact) mass is 319 g/mol. The van der Waals surface area contributed by atoms with Gasteiger partial charge in [0.05, 0.1) is 11.5 Å². The maximum atomic E-state index is 12.4. The van der Waals surface area contributed by atoms with Crippen LogP contribution < -0.4 is 5.32 Å². The summed E-state index contributed by atoms with van der Waals surface area (Å²) >= 11 is 1.52. The Morgan fingerprint density at radius 2 is 2.14 bits per heavy atom. The first-order valence-electron chi connectivity index (χ1n) is 7.10. The van der Waals surface area contributed by atoms with E-state index in [0.29, 0.717) is 18.4 Å². The van der Waals surface area contributed by atoms with Crippen molar-refractivity contribution in [3.05, 3.63) is 34.6 Å². The number of thiazole rings is 1. The predicted octanol–water partition coefficient (Wildman–Crippen LogP) is 2.14. The average Bonchev–Trinajstić information content (AvgIpc) is 3.01. The summed E-state index contributed by atoms with van der Waals surface area (Å²) in [5.41, 5.74) is 2.42. The lowest BCUT2D eigenvalue weighted by atomic mass is 9.80. The molecule has 1 fully saturated rings. The number of nitrogens with one attached hydrogen (secondary N) is 1. The van der Waals surface area contributed by atoms with E-state index in [1.165, 1.54) is 11.3 Å². The second kappa shape index (κ2) is 5.57. The second-order valence-corrected chi connectivity index (χ2v) is 6.48. The number of hydrogen-bond donors (Lipinski definition) is 2. The fourth-order valence-corrected chi connectivity index (χ4v) is 3.57. The third kappa shape index (κ3) is 2.52. The van der Waals surface area contributed by atoms with Gasteiger partial charge < -0.3 is 10.4 Å². The van der Waals surface area contributed by atoms with Crippen molar-refractivity contribution in [2.24, 2.45) is 5.92 Å². The standard InChI is InChI=1S/C15H17N3O3S/c1-8-5-12(9(2)18(8)15-16-3-4-22-15)13(19)17-11-6-10(7-11)14(20)21/h3-5,10-11H,6-7H2,1-2H3,(H,17,19)(H,20,21). The SMILES string of the molecule is Cc1cc(C(=O)NC2CC(C(=O)O)C2)c(C)n1-c1nccs1. The third-order valence-corrected chi connectivity index (χ3v) is 4.87. The van der Waals surface area contributed by atoms with E-state index in [9.17, 15) is 9.59 Å². The van der Waals surface area contributed by atoms with Gasteiger partial charge in [0.2, 0.25) is 0 Å². The van der Waals surface area contributed by atoms with Gasteiger partial charge >= 0.3 is 5.97 Å². The van der Waals surface area contributed by atoms with Crippen LogP contribution in [-0.2, 0) is 4.79 Å². The summed E-state index contributed by atoms with van der Waals surface area (Å²) in [5, 5.41) is 14.5. The van der Waals surface area contributed by atoms with Crippen LogP contribution in [0.4, 0.5) is 0 Å². The Hall–Kier alpha value is -2.15. The molecule has 2 aromatic rings. The van der Waals surface area contributed by atoms with Crippen LogP contribution >= 0.6 is 11.3 Å². The highest BCUT2D eigenvalue weighted by atomic mass is 32.1. The van der Waals surface area contributed by atoms with E-state index in [1.807, 2.05) is 29.9 Å². The molecule has 7 heteroatoms. The summed E-state index contributed by atoms with van der Waals surface area (Å²) in [5.74, 6) is -1.26. The number of aliphatic carboxylic acids is 1. The van der Waals surface area contributed by atoms with Crippen LogP contribution in [0.25, 0.3) is 5.13 Å². The Labute approximate surface area is 131 Å². The van der Waals surface area contributed by atoms with Gasteiger partial charge in [-0.15, -0.1) is 11.3 Å². The summed E-state index contributed by atoms with van der Waals surface area (Å²) in [7, 11) is 0. The van der Waals surface area contributed by atoms with E-state index in [1.54, 1.807) is 6.20 Å². The zero-order chi connectivity index (χ0) is 15.9. The van der Waals surface area contributed by atoms with Crippen LogP contribution in [0.2, 0.25) is 0 Å². The molecule has 2 aromatic heterocycles. The highest BCUT2D eigenvalue weighted by Gasteiger charge is 2.35. The first kappa shape index (κ1) is 14.8. The van der Waals surface area contributed by atoms with Gasteiger partial charge in [0.15, 0.2) is 5.13 Å². The zero-order valence-electron chi connectivity index (χ0n) is 12.4. The molecule has 1 saturated carbocycles. The number of carboxylic acids is 1. The molecule has 0 bridgehead atoms. The maximum absolute atomic E-state index is 12.4. The van der Waals surface area contributed by atoms with Crippen LogP contribution in [0, 0.1) is 19.8 Å². The molecule has 0 unspecified atom stereocenters. The van der Waals surface area contributed by atoms with Crippen molar-refractivity contribution >= 4 is 23.2 Å². The maximum Gasteiger partial charge on any atom is 0.306 e. The van der Waals surface area contributed by atoms with Crippen molar-refractivity contribution in [2.45, 2.75) is 32.7 Å². The number of carbonyl (C=O) groups excluding carboxylic acids is 1. The molecule has 2 heterocycles. The van der Waals surface area contributed by atoms with Crippen molar-refractivity contribution in [1.29, 1.82) is 0 Å². The summed E-state index contributed by atoms with van der Waals surface area (Å²) in [6.07, 6.45) is 2.75. The number of hydrogen-bond acceptors (Lipinski definition) is 4. The highest BCUT2D eigenvalue weighted by molar-refractivity contribution is 7.12. The van der Waals surface area contributed by atoms with E-state index in [0.717, 1.165) is 16.5 Å². The fourth-order valence-electron chi connectivity index (χ4n) is 2.81. The number of rotatable bonds is 4. The molecule has 0 spiro atoms. The van der Waals surface area contributed by atoms with Crippen LogP contribution in [0.1, 0.15) is 34.6 Å². The Bertz CT molecular complexity index is 715. The molecule has 0 radical (unpaired) electrons. The lowest BCUT2D eigenvalue weighted by molar-refractivity contribution is -0.145. The van der Waals surface area contributed by atoms with Crippen LogP contribution in [-0.4, -0.2) is 32.6 Å². The molecule has 1 aliphatic rings. The molecule has 1 amide bonds. The van der Waals surface area contributed by atoms with Gasteiger partial charge in [-0.25, -0.2) is 4.98 Å². The summed E-state index contributed by atoms with van der Waals surface area (Å²) < 4.78 is 1.96. The minimum Gasteiger partial charge on any atom is -0.481 e. The first-order chi connectivity index (χ1) is 10.5. The third-order valence-electron chi connectivity index (χ3n) is 4.11.